The van der Waals surface area contributed by atoms with E-state index in [9.17, 15) is 43.2 Å². The number of hydrogen-bond donors (Lipinski definition) is 3. The first kappa shape index (κ1) is 101. The third-order valence-corrected chi connectivity index (χ3v) is 21.8. The third kappa shape index (κ3) is 78.0. The van der Waals surface area contributed by atoms with Crippen molar-refractivity contribution in [1.29, 1.82) is 0 Å². The lowest BCUT2D eigenvalue weighted by atomic mass is 10.0. The van der Waals surface area contributed by atoms with Crippen LogP contribution in [0.25, 0.3) is 0 Å². The van der Waals surface area contributed by atoms with Crippen molar-refractivity contribution in [3.8, 4) is 0 Å². The predicted octanol–water partition coefficient (Wildman–Crippen LogP) is 25.7. The van der Waals surface area contributed by atoms with E-state index >= 15 is 0 Å². The zero-order valence-corrected chi connectivity index (χ0v) is 69.1. The summed E-state index contributed by atoms with van der Waals surface area (Å²) in [7, 11) is -9.92. The smallest absolute Gasteiger partial charge is 0.462 e. The summed E-state index contributed by atoms with van der Waals surface area (Å²) >= 11 is 0. The summed E-state index contributed by atoms with van der Waals surface area (Å²) in [5.41, 5.74) is 0. The summed E-state index contributed by atoms with van der Waals surface area (Å²) in [4.78, 5) is 73.1. The Labute approximate surface area is 632 Å². The molecule has 0 aliphatic carbocycles. The number of carbonyl (C=O) groups is 4. The van der Waals surface area contributed by atoms with Gasteiger partial charge in [-0.1, -0.05) is 407 Å². The fraction of sp³-hybridized carbons (Fsp3) is 0.952. The number of aliphatic hydroxyl groups excluding tert-OH is 1. The lowest BCUT2D eigenvalue weighted by Crippen LogP contribution is -2.30. The number of ether oxygens (including phenoxy) is 4. The summed E-state index contributed by atoms with van der Waals surface area (Å²) in [5.74, 6) is -2.10. The monoisotopic (exact) mass is 1510 g/mol. The number of hydrogen-bond acceptors (Lipinski definition) is 15. The van der Waals surface area contributed by atoms with Crippen molar-refractivity contribution in [3.05, 3.63) is 0 Å². The van der Waals surface area contributed by atoms with Crippen LogP contribution < -0.4 is 0 Å². The van der Waals surface area contributed by atoms with Gasteiger partial charge in [0.1, 0.15) is 19.3 Å². The summed E-state index contributed by atoms with van der Waals surface area (Å²) in [6.07, 6.45) is 72.3. The van der Waals surface area contributed by atoms with E-state index in [1.54, 1.807) is 0 Å². The minimum absolute atomic E-state index is 0.109. The highest BCUT2D eigenvalue weighted by Gasteiger charge is 2.30. The van der Waals surface area contributed by atoms with Gasteiger partial charge >= 0.3 is 39.5 Å². The van der Waals surface area contributed by atoms with E-state index in [-0.39, 0.29) is 25.7 Å². The molecule has 0 aromatic rings. The van der Waals surface area contributed by atoms with E-state index in [1.165, 1.54) is 289 Å². The molecule has 0 spiro atoms. The van der Waals surface area contributed by atoms with Gasteiger partial charge in [0.15, 0.2) is 12.2 Å². The van der Waals surface area contributed by atoms with E-state index in [4.69, 9.17) is 37.0 Å². The number of phosphoric acid groups is 2. The Bertz CT molecular complexity index is 1950. The quantitative estimate of drug-likeness (QED) is 0.0222. The number of unbranched alkanes of at least 4 members (excludes halogenated alkanes) is 59. The van der Waals surface area contributed by atoms with Gasteiger partial charge in [0.25, 0.3) is 0 Å². The molecule has 103 heavy (non-hydrogen) atoms. The van der Waals surface area contributed by atoms with Crippen molar-refractivity contribution in [2.75, 3.05) is 39.6 Å². The number of carbonyl (C=O) groups excluding carboxylic acids is 4. The zero-order chi connectivity index (χ0) is 75.3. The molecule has 0 aliphatic heterocycles. The van der Waals surface area contributed by atoms with Gasteiger partial charge < -0.3 is 33.8 Å². The van der Waals surface area contributed by atoms with Crippen molar-refractivity contribution in [2.45, 2.75) is 476 Å². The molecule has 0 amide bonds. The van der Waals surface area contributed by atoms with Crippen molar-refractivity contribution >= 4 is 39.5 Å². The standard InChI is InChI=1S/C84H164O17P2/c1-5-9-13-17-21-25-28-31-34-37-39-42-44-47-50-53-57-61-65-69-82(87)95-75-80(101-84(89)71-67-63-59-55-52-49-46-43-40-38-35-32-29-26-22-18-14-10-6-2)77-99-103(92,93)97-73-78(85)72-96-102(90,91)98-76-79(74-94-81(86)68-64-60-56-24-20-16-12-8-4)100-83(88)70-66-62-58-54-51-48-45-41-36-33-30-27-23-19-15-11-7-3/h78-80,85H,5-77H2,1-4H3,(H,90,91)(H,92,93)/t78-,79+,80+/m0/s1. The van der Waals surface area contributed by atoms with Crippen molar-refractivity contribution in [2.24, 2.45) is 0 Å². The second-order valence-electron chi connectivity index (χ2n) is 30.2. The van der Waals surface area contributed by atoms with E-state index in [1.807, 2.05) is 0 Å². The maximum atomic E-state index is 13.1. The molecule has 3 N–H and O–H groups in total. The molecule has 2 unspecified atom stereocenters. The first-order chi connectivity index (χ1) is 50.2. The Morgan fingerprint density at radius 1 is 0.233 bits per heavy atom. The summed E-state index contributed by atoms with van der Waals surface area (Å²) in [5, 5.41) is 10.7. The van der Waals surface area contributed by atoms with Gasteiger partial charge in [-0.15, -0.1) is 0 Å². The van der Waals surface area contributed by atoms with E-state index in [0.717, 1.165) is 89.9 Å². The molecule has 5 atom stereocenters. The normalized spacial score (nSPS) is 13.7. The Kier molecular flexibility index (Phi) is 76.7. The summed E-state index contributed by atoms with van der Waals surface area (Å²) in [6.45, 7) is 5.02. The SMILES string of the molecule is CCCCCCCCCCCCCCCCCCCCCC(=O)OC[C@H](COP(=O)(O)OC[C@@H](O)COP(=O)(O)OC[C@@H](COC(=O)CCCCCCCCCC)OC(=O)CCCCCCCCCCCCCCCCCCC)OC(=O)CCCCCCCCCCCCCCCCCCCCC. The second kappa shape index (κ2) is 78.2. The topological polar surface area (TPSA) is 237 Å². The number of phosphoric ester groups is 2. The minimum atomic E-state index is -4.96. The molecule has 0 radical (unpaired) electrons. The van der Waals surface area contributed by atoms with E-state index in [2.05, 4.69) is 27.7 Å². The molecule has 612 valence electrons. The van der Waals surface area contributed by atoms with Crippen molar-refractivity contribution < 1.29 is 80.2 Å². The minimum Gasteiger partial charge on any atom is -0.462 e. The van der Waals surface area contributed by atoms with E-state index in [0.29, 0.717) is 25.7 Å². The van der Waals surface area contributed by atoms with Crippen LogP contribution in [0.5, 0.6) is 0 Å². The Hall–Kier alpha value is -1.94. The van der Waals surface area contributed by atoms with Crippen LogP contribution in [0.3, 0.4) is 0 Å². The molecule has 0 aromatic heterocycles. The maximum Gasteiger partial charge on any atom is 0.472 e. The molecule has 0 bridgehead atoms. The Balaban J connectivity index is 5.19. The van der Waals surface area contributed by atoms with Crippen LogP contribution in [-0.4, -0.2) is 96.7 Å². The van der Waals surface area contributed by atoms with Gasteiger partial charge in [0.2, 0.25) is 0 Å². The molecule has 17 nitrogen and oxygen atoms in total. The highest BCUT2D eigenvalue weighted by molar-refractivity contribution is 7.47. The van der Waals surface area contributed by atoms with Crippen LogP contribution in [0.15, 0.2) is 0 Å². The summed E-state index contributed by atoms with van der Waals surface area (Å²) < 4.78 is 68.8. The van der Waals surface area contributed by atoms with Gasteiger partial charge in [-0.2, -0.15) is 0 Å². The van der Waals surface area contributed by atoms with Gasteiger partial charge in [-0.25, -0.2) is 9.13 Å². The molecular weight excluding hydrogens is 1340 g/mol. The molecule has 0 saturated carbocycles. The second-order valence-corrected chi connectivity index (χ2v) is 33.1. The van der Waals surface area contributed by atoms with Crippen LogP contribution in [0, 0.1) is 0 Å². The Morgan fingerprint density at radius 3 is 0.573 bits per heavy atom. The molecule has 0 aliphatic rings. The van der Waals surface area contributed by atoms with Crippen LogP contribution in [0.2, 0.25) is 0 Å². The van der Waals surface area contributed by atoms with Crippen molar-refractivity contribution in [1.82, 2.24) is 0 Å². The van der Waals surface area contributed by atoms with Crippen LogP contribution in [0.4, 0.5) is 0 Å². The molecule has 0 heterocycles. The van der Waals surface area contributed by atoms with Gasteiger partial charge in [0.05, 0.1) is 26.4 Å². The van der Waals surface area contributed by atoms with E-state index < -0.39 is 97.5 Å². The average molecular weight is 1510 g/mol. The fourth-order valence-electron chi connectivity index (χ4n) is 13.2. The number of esters is 4. The molecule has 0 aromatic carbocycles. The zero-order valence-electron chi connectivity index (χ0n) is 67.3. The van der Waals surface area contributed by atoms with Crippen LogP contribution in [-0.2, 0) is 65.4 Å². The number of aliphatic hydroxyl groups is 1. The maximum absolute atomic E-state index is 13.1. The molecule has 0 rings (SSSR count). The lowest BCUT2D eigenvalue weighted by Gasteiger charge is -2.21. The molecule has 19 heteroatoms. The largest absolute Gasteiger partial charge is 0.472 e. The van der Waals surface area contributed by atoms with Crippen LogP contribution in [0.1, 0.15) is 458 Å². The molecular formula is C84H164O17P2. The first-order valence-corrected chi connectivity index (χ1v) is 46.8. The fourth-order valence-corrected chi connectivity index (χ4v) is 14.7. The highest BCUT2D eigenvalue weighted by atomic mass is 31.2. The van der Waals surface area contributed by atoms with Crippen molar-refractivity contribution in [3.63, 3.8) is 0 Å². The van der Waals surface area contributed by atoms with Gasteiger partial charge in [0, 0.05) is 25.7 Å². The lowest BCUT2D eigenvalue weighted by molar-refractivity contribution is -0.161. The molecule has 0 fully saturated rings. The summed E-state index contributed by atoms with van der Waals surface area (Å²) in [6, 6.07) is 0. The number of rotatable bonds is 85. The first-order valence-electron chi connectivity index (χ1n) is 43.8. The van der Waals surface area contributed by atoms with Crippen LogP contribution >= 0.6 is 15.6 Å². The van der Waals surface area contributed by atoms with Gasteiger partial charge in [-0.05, 0) is 25.7 Å². The highest BCUT2D eigenvalue weighted by Crippen LogP contribution is 2.45. The third-order valence-electron chi connectivity index (χ3n) is 19.9. The van der Waals surface area contributed by atoms with Gasteiger partial charge in [-0.3, -0.25) is 37.3 Å². The predicted molar refractivity (Wildman–Crippen MR) is 423 cm³/mol. The average Bonchev–Trinajstić information content (AvgIpc) is 0.945. The Morgan fingerprint density at radius 2 is 0.388 bits per heavy atom. The molecule has 0 saturated heterocycles.